The van der Waals surface area contributed by atoms with Crippen molar-refractivity contribution in [1.82, 2.24) is 14.9 Å². The Balaban J connectivity index is 1.60. The summed E-state index contributed by atoms with van der Waals surface area (Å²) < 4.78 is 1.53. The number of rotatable bonds is 5. The van der Waals surface area contributed by atoms with Gasteiger partial charge in [0.1, 0.15) is 0 Å². The molecular weight excluding hydrogens is 346 g/mol. The number of nitrogens with zero attached hydrogens (tertiary/aromatic N) is 2. The SMILES string of the molecule is C[C@H](NC(=O)CSc1nc2cc3ccccc3cc2c(=O)n1C)C1CC1. The van der Waals surface area contributed by atoms with E-state index in [0.717, 1.165) is 10.8 Å². The monoisotopic (exact) mass is 367 g/mol. The number of fused-ring (bicyclic) bond motifs is 2. The van der Waals surface area contributed by atoms with Crippen molar-refractivity contribution in [3.05, 3.63) is 46.8 Å². The van der Waals surface area contributed by atoms with Gasteiger partial charge in [-0.05, 0) is 48.6 Å². The second-order valence-electron chi connectivity index (χ2n) is 6.96. The van der Waals surface area contributed by atoms with E-state index in [1.54, 1.807) is 7.05 Å². The van der Waals surface area contributed by atoms with Gasteiger partial charge in [-0.3, -0.25) is 14.2 Å². The van der Waals surface area contributed by atoms with Crippen molar-refractivity contribution in [2.75, 3.05) is 5.75 Å². The molecule has 0 aliphatic heterocycles. The Bertz CT molecular complexity index is 1060. The third kappa shape index (κ3) is 3.33. The zero-order valence-corrected chi connectivity index (χ0v) is 15.7. The summed E-state index contributed by atoms with van der Waals surface area (Å²) in [6, 6.07) is 12.0. The van der Waals surface area contributed by atoms with Gasteiger partial charge in [-0.2, -0.15) is 0 Å². The van der Waals surface area contributed by atoms with Gasteiger partial charge in [-0.1, -0.05) is 36.0 Å². The van der Waals surface area contributed by atoms with Crippen LogP contribution in [0.5, 0.6) is 0 Å². The van der Waals surface area contributed by atoms with Gasteiger partial charge in [-0.25, -0.2) is 4.98 Å². The lowest BCUT2D eigenvalue weighted by Gasteiger charge is -2.13. The van der Waals surface area contributed by atoms with Gasteiger partial charge in [0, 0.05) is 13.1 Å². The van der Waals surface area contributed by atoms with Gasteiger partial charge in [0.2, 0.25) is 5.91 Å². The molecule has 26 heavy (non-hydrogen) atoms. The van der Waals surface area contributed by atoms with Crippen LogP contribution < -0.4 is 10.9 Å². The van der Waals surface area contributed by atoms with Crippen LogP contribution in [0.4, 0.5) is 0 Å². The van der Waals surface area contributed by atoms with E-state index in [1.807, 2.05) is 36.4 Å². The van der Waals surface area contributed by atoms with Crippen molar-refractivity contribution in [3.63, 3.8) is 0 Å². The second kappa shape index (κ2) is 6.76. The topological polar surface area (TPSA) is 64.0 Å². The third-order valence-electron chi connectivity index (χ3n) is 4.95. The highest BCUT2D eigenvalue weighted by Gasteiger charge is 2.28. The smallest absolute Gasteiger partial charge is 0.261 e. The number of thioether (sulfide) groups is 1. The molecule has 3 aromatic rings. The molecule has 1 atom stereocenters. The summed E-state index contributed by atoms with van der Waals surface area (Å²) in [6.45, 7) is 2.05. The molecule has 1 aliphatic rings. The molecule has 1 amide bonds. The van der Waals surface area contributed by atoms with E-state index in [-0.39, 0.29) is 23.3 Å². The second-order valence-corrected chi connectivity index (χ2v) is 7.90. The van der Waals surface area contributed by atoms with E-state index in [1.165, 1.54) is 29.2 Å². The predicted octanol–water partition coefficient (Wildman–Crippen LogP) is 3.09. The quantitative estimate of drug-likeness (QED) is 0.428. The maximum absolute atomic E-state index is 12.7. The molecule has 1 aromatic heterocycles. The van der Waals surface area contributed by atoms with Crippen molar-refractivity contribution in [1.29, 1.82) is 0 Å². The van der Waals surface area contributed by atoms with E-state index >= 15 is 0 Å². The molecule has 0 bridgehead atoms. The maximum atomic E-state index is 12.7. The summed E-state index contributed by atoms with van der Waals surface area (Å²) in [4.78, 5) is 29.5. The molecular formula is C20H21N3O2S. The predicted molar refractivity (Wildman–Crippen MR) is 106 cm³/mol. The molecule has 0 saturated heterocycles. The van der Waals surface area contributed by atoms with E-state index in [9.17, 15) is 9.59 Å². The van der Waals surface area contributed by atoms with Crippen LogP contribution in [0.1, 0.15) is 19.8 Å². The Labute approximate surface area is 155 Å². The van der Waals surface area contributed by atoms with Crippen molar-refractivity contribution >= 4 is 39.3 Å². The average Bonchev–Trinajstić information content (AvgIpc) is 3.47. The number of nitrogens with one attached hydrogen (secondary N) is 1. The lowest BCUT2D eigenvalue weighted by atomic mass is 10.1. The number of hydrogen-bond donors (Lipinski definition) is 1. The molecule has 1 heterocycles. The standard InChI is InChI=1S/C20H21N3O2S/c1-12(13-7-8-13)21-18(24)11-26-20-22-17-10-15-6-4-3-5-14(15)9-16(17)19(25)23(20)2/h3-6,9-10,12-13H,7-8,11H2,1-2H3,(H,21,24)/t12-/m0/s1. The van der Waals surface area contributed by atoms with Crippen molar-refractivity contribution in [2.45, 2.75) is 31.0 Å². The molecule has 1 N–H and O–H groups in total. The fourth-order valence-corrected chi connectivity index (χ4v) is 3.99. The maximum Gasteiger partial charge on any atom is 0.261 e. The van der Waals surface area contributed by atoms with Crippen molar-refractivity contribution in [2.24, 2.45) is 13.0 Å². The highest BCUT2D eigenvalue weighted by Crippen LogP contribution is 2.32. The number of hydrogen-bond acceptors (Lipinski definition) is 4. The largest absolute Gasteiger partial charge is 0.353 e. The van der Waals surface area contributed by atoms with Crippen LogP contribution in [-0.2, 0) is 11.8 Å². The minimum absolute atomic E-state index is 0.0118. The molecule has 1 fully saturated rings. The van der Waals surface area contributed by atoms with Crippen molar-refractivity contribution in [3.8, 4) is 0 Å². The Kier molecular flexibility index (Phi) is 4.44. The molecule has 1 saturated carbocycles. The van der Waals surface area contributed by atoms with Crippen LogP contribution in [0.25, 0.3) is 21.7 Å². The summed E-state index contributed by atoms with van der Waals surface area (Å²) in [6.07, 6.45) is 2.40. The molecule has 6 heteroatoms. The highest BCUT2D eigenvalue weighted by atomic mass is 32.2. The zero-order chi connectivity index (χ0) is 18.3. The minimum atomic E-state index is -0.0880. The van der Waals surface area contributed by atoms with Gasteiger partial charge >= 0.3 is 0 Å². The Morgan fingerprint density at radius 1 is 1.31 bits per heavy atom. The van der Waals surface area contributed by atoms with Gasteiger partial charge in [0.05, 0.1) is 16.7 Å². The first-order valence-electron chi connectivity index (χ1n) is 8.84. The molecule has 2 aromatic carbocycles. The lowest BCUT2D eigenvalue weighted by Crippen LogP contribution is -2.35. The first kappa shape index (κ1) is 17.1. The molecule has 5 nitrogen and oxygen atoms in total. The van der Waals surface area contributed by atoms with Gasteiger partial charge in [0.15, 0.2) is 5.16 Å². The summed E-state index contributed by atoms with van der Waals surface area (Å²) in [5.41, 5.74) is 0.580. The number of carbonyl (C=O) groups is 1. The summed E-state index contributed by atoms with van der Waals surface area (Å²) in [7, 11) is 1.71. The Morgan fingerprint density at radius 2 is 2.00 bits per heavy atom. The lowest BCUT2D eigenvalue weighted by molar-refractivity contribution is -0.119. The minimum Gasteiger partial charge on any atom is -0.353 e. The molecule has 0 radical (unpaired) electrons. The molecule has 0 spiro atoms. The molecule has 134 valence electrons. The van der Waals surface area contributed by atoms with Crippen LogP contribution in [0, 0.1) is 5.92 Å². The van der Waals surface area contributed by atoms with Crippen LogP contribution in [0.3, 0.4) is 0 Å². The van der Waals surface area contributed by atoms with Crippen LogP contribution in [0.15, 0.2) is 46.3 Å². The molecule has 4 rings (SSSR count). The zero-order valence-electron chi connectivity index (χ0n) is 14.9. The van der Waals surface area contributed by atoms with Gasteiger partial charge in [-0.15, -0.1) is 0 Å². The van der Waals surface area contributed by atoms with E-state index in [2.05, 4.69) is 17.2 Å². The highest BCUT2D eigenvalue weighted by molar-refractivity contribution is 7.99. The van der Waals surface area contributed by atoms with Gasteiger partial charge < -0.3 is 5.32 Å². The fourth-order valence-electron chi connectivity index (χ4n) is 3.21. The van der Waals surface area contributed by atoms with Crippen LogP contribution >= 0.6 is 11.8 Å². The van der Waals surface area contributed by atoms with Crippen LogP contribution in [0.2, 0.25) is 0 Å². The van der Waals surface area contributed by atoms with E-state index in [0.29, 0.717) is 22.0 Å². The van der Waals surface area contributed by atoms with Crippen LogP contribution in [-0.4, -0.2) is 27.3 Å². The van der Waals surface area contributed by atoms with Crippen molar-refractivity contribution < 1.29 is 4.79 Å². The Morgan fingerprint density at radius 3 is 2.69 bits per heavy atom. The fraction of sp³-hybridized carbons (Fsp3) is 0.350. The molecule has 1 aliphatic carbocycles. The number of carbonyl (C=O) groups excluding carboxylic acids is 1. The Hall–Kier alpha value is -2.34. The van der Waals surface area contributed by atoms with E-state index in [4.69, 9.17) is 0 Å². The third-order valence-corrected chi connectivity index (χ3v) is 5.98. The normalized spacial score (nSPS) is 15.3. The summed E-state index contributed by atoms with van der Waals surface area (Å²) in [5, 5.41) is 6.26. The molecule has 0 unspecified atom stereocenters. The first-order chi connectivity index (χ1) is 12.5. The summed E-state index contributed by atoms with van der Waals surface area (Å²) in [5.74, 6) is 0.874. The number of aromatic nitrogens is 2. The number of amides is 1. The first-order valence-corrected chi connectivity index (χ1v) is 9.83. The van der Waals surface area contributed by atoms with E-state index < -0.39 is 0 Å². The van der Waals surface area contributed by atoms with Gasteiger partial charge in [0.25, 0.3) is 5.56 Å². The summed E-state index contributed by atoms with van der Waals surface area (Å²) >= 11 is 1.30. The number of benzene rings is 2. The average molecular weight is 367 g/mol.